The number of nitrogens with zero attached hydrogens (tertiary/aromatic N) is 3. The molecule has 0 N–H and O–H groups in total. The topological polar surface area (TPSA) is 36.4 Å². The summed E-state index contributed by atoms with van der Waals surface area (Å²) in [7, 11) is 4.12. The molecule has 26 heavy (non-hydrogen) atoms. The number of hydrogen-bond donors (Lipinski definition) is 0. The van der Waals surface area contributed by atoms with Crippen LogP contribution in [0, 0.1) is 0 Å². The molecule has 4 nitrogen and oxygen atoms in total. The van der Waals surface area contributed by atoms with Crippen molar-refractivity contribution in [2.24, 2.45) is 0 Å². The number of aromatic nitrogens is 1. The van der Waals surface area contributed by atoms with E-state index in [0.29, 0.717) is 13.0 Å². The summed E-state index contributed by atoms with van der Waals surface area (Å²) in [5.74, 6) is 0.128. The maximum atomic E-state index is 13.0. The fraction of sp³-hybridized carbons (Fsp3) is 0.400. The maximum absolute atomic E-state index is 13.0. The lowest BCUT2D eigenvalue weighted by atomic mass is 10.1. The van der Waals surface area contributed by atoms with E-state index < -0.39 is 0 Å². The van der Waals surface area contributed by atoms with Crippen molar-refractivity contribution in [3.63, 3.8) is 0 Å². The highest BCUT2D eigenvalue weighted by atomic mass is 32.1. The van der Waals surface area contributed by atoms with E-state index >= 15 is 0 Å². The Morgan fingerprint density at radius 3 is 2.69 bits per heavy atom. The van der Waals surface area contributed by atoms with Gasteiger partial charge in [-0.25, -0.2) is 4.98 Å². The number of carbonyl (C=O) groups is 1. The number of thiophene rings is 1. The molecule has 2 heterocycles. The predicted molar refractivity (Wildman–Crippen MR) is 113 cm³/mol. The van der Waals surface area contributed by atoms with Crippen LogP contribution in [0.2, 0.25) is 0 Å². The Balaban J connectivity index is 1.87. The van der Waals surface area contributed by atoms with E-state index in [1.807, 2.05) is 22.4 Å². The first kappa shape index (κ1) is 19.0. The Kier molecular flexibility index (Phi) is 6.40. The number of aryl methyl sites for hydroxylation is 1. The molecule has 138 valence electrons. The van der Waals surface area contributed by atoms with Crippen LogP contribution in [0.15, 0.2) is 35.7 Å². The molecule has 0 atom stereocenters. The van der Waals surface area contributed by atoms with Gasteiger partial charge in [0.2, 0.25) is 5.91 Å². The Hall–Kier alpha value is -1.76. The number of para-hydroxylation sites is 1. The Morgan fingerprint density at radius 2 is 2.00 bits per heavy atom. The predicted octanol–water partition coefficient (Wildman–Crippen LogP) is 4.45. The van der Waals surface area contributed by atoms with Crippen LogP contribution in [0.4, 0.5) is 5.13 Å². The third kappa shape index (κ3) is 4.50. The Labute approximate surface area is 163 Å². The number of fused-ring (bicyclic) bond motifs is 1. The molecular formula is C20H25N3OS2. The molecule has 1 aromatic carbocycles. The number of thiazole rings is 1. The SMILES string of the molecule is CCc1cccc2sc(N(CCCN(C)C)C(=O)Cc3cccs3)nc12. The summed E-state index contributed by atoms with van der Waals surface area (Å²) in [6.07, 6.45) is 2.32. The van der Waals surface area contributed by atoms with Gasteiger partial charge in [-0.2, -0.15) is 0 Å². The van der Waals surface area contributed by atoms with Gasteiger partial charge in [0.1, 0.15) is 0 Å². The van der Waals surface area contributed by atoms with Crippen LogP contribution in [0.1, 0.15) is 23.8 Å². The second kappa shape index (κ2) is 8.75. The van der Waals surface area contributed by atoms with E-state index in [1.54, 1.807) is 22.7 Å². The number of carbonyl (C=O) groups excluding carboxylic acids is 1. The molecule has 1 amide bonds. The van der Waals surface area contributed by atoms with Crippen molar-refractivity contribution in [1.29, 1.82) is 0 Å². The zero-order valence-electron chi connectivity index (χ0n) is 15.6. The molecule has 3 aromatic rings. The van der Waals surface area contributed by atoms with Gasteiger partial charge in [0.25, 0.3) is 0 Å². The van der Waals surface area contributed by atoms with Gasteiger partial charge in [-0.15, -0.1) is 11.3 Å². The first-order chi connectivity index (χ1) is 12.6. The smallest absolute Gasteiger partial charge is 0.234 e. The number of amides is 1. The molecule has 3 rings (SSSR count). The lowest BCUT2D eigenvalue weighted by Crippen LogP contribution is -2.34. The maximum Gasteiger partial charge on any atom is 0.234 e. The van der Waals surface area contributed by atoms with Gasteiger partial charge >= 0.3 is 0 Å². The Morgan fingerprint density at radius 1 is 1.15 bits per heavy atom. The minimum atomic E-state index is 0.128. The van der Waals surface area contributed by atoms with Crippen molar-refractivity contribution in [3.8, 4) is 0 Å². The molecule has 0 fully saturated rings. The molecular weight excluding hydrogens is 362 g/mol. The third-order valence-electron chi connectivity index (χ3n) is 4.30. The van der Waals surface area contributed by atoms with Gasteiger partial charge in [-0.3, -0.25) is 9.69 Å². The summed E-state index contributed by atoms with van der Waals surface area (Å²) >= 11 is 3.25. The highest BCUT2D eigenvalue weighted by Crippen LogP contribution is 2.31. The molecule has 0 bridgehead atoms. The standard InChI is InChI=1S/C20H25N3OS2/c1-4-15-8-5-10-17-19(15)21-20(26-17)23(12-7-11-22(2)3)18(24)14-16-9-6-13-25-16/h5-6,8-10,13H,4,7,11-12,14H2,1-3H3. The lowest BCUT2D eigenvalue weighted by molar-refractivity contribution is -0.118. The molecule has 0 aliphatic rings. The highest BCUT2D eigenvalue weighted by Gasteiger charge is 2.21. The molecule has 0 saturated heterocycles. The van der Waals surface area contributed by atoms with Crippen LogP contribution in [0.3, 0.4) is 0 Å². The van der Waals surface area contributed by atoms with Gasteiger partial charge in [0.05, 0.1) is 16.6 Å². The first-order valence-electron chi connectivity index (χ1n) is 8.94. The summed E-state index contributed by atoms with van der Waals surface area (Å²) in [6.45, 7) is 3.79. The normalized spacial score (nSPS) is 11.4. The summed E-state index contributed by atoms with van der Waals surface area (Å²) < 4.78 is 1.15. The molecule has 2 aromatic heterocycles. The lowest BCUT2D eigenvalue weighted by Gasteiger charge is -2.20. The van der Waals surface area contributed by atoms with Gasteiger partial charge in [-0.05, 0) is 56.6 Å². The molecule has 0 spiro atoms. The fourth-order valence-corrected chi connectivity index (χ4v) is 4.68. The van der Waals surface area contributed by atoms with E-state index in [2.05, 4.69) is 44.1 Å². The van der Waals surface area contributed by atoms with E-state index in [0.717, 1.165) is 39.6 Å². The molecule has 0 aliphatic heterocycles. The minimum absolute atomic E-state index is 0.128. The third-order valence-corrected chi connectivity index (χ3v) is 6.22. The van der Waals surface area contributed by atoms with Crippen molar-refractivity contribution in [3.05, 3.63) is 46.2 Å². The monoisotopic (exact) mass is 387 g/mol. The average molecular weight is 388 g/mol. The van der Waals surface area contributed by atoms with Crippen molar-refractivity contribution >= 4 is 43.9 Å². The van der Waals surface area contributed by atoms with E-state index in [9.17, 15) is 4.79 Å². The van der Waals surface area contributed by atoms with E-state index in [1.165, 1.54) is 5.56 Å². The second-order valence-corrected chi connectivity index (χ2v) is 8.61. The van der Waals surface area contributed by atoms with Gasteiger partial charge in [0, 0.05) is 11.4 Å². The second-order valence-electron chi connectivity index (χ2n) is 6.57. The van der Waals surface area contributed by atoms with Crippen molar-refractivity contribution in [1.82, 2.24) is 9.88 Å². The molecule has 0 aliphatic carbocycles. The van der Waals surface area contributed by atoms with Crippen LogP contribution in [-0.4, -0.2) is 43.0 Å². The number of rotatable bonds is 8. The Bertz CT molecular complexity index is 855. The summed E-state index contributed by atoms with van der Waals surface area (Å²) in [4.78, 5) is 23.0. The number of hydrogen-bond acceptors (Lipinski definition) is 5. The highest BCUT2D eigenvalue weighted by molar-refractivity contribution is 7.22. The number of anilines is 1. The molecule has 0 radical (unpaired) electrons. The molecule has 6 heteroatoms. The van der Waals surface area contributed by atoms with Crippen LogP contribution in [0.25, 0.3) is 10.2 Å². The molecule has 0 unspecified atom stereocenters. The number of benzene rings is 1. The van der Waals surface area contributed by atoms with Gasteiger partial charge in [-0.1, -0.05) is 36.5 Å². The average Bonchev–Trinajstić information content (AvgIpc) is 3.27. The zero-order chi connectivity index (χ0) is 18.5. The van der Waals surface area contributed by atoms with Crippen LogP contribution >= 0.6 is 22.7 Å². The zero-order valence-corrected chi connectivity index (χ0v) is 17.2. The van der Waals surface area contributed by atoms with Crippen LogP contribution < -0.4 is 4.90 Å². The largest absolute Gasteiger partial charge is 0.309 e. The quantitative estimate of drug-likeness (QED) is 0.573. The minimum Gasteiger partial charge on any atom is -0.309 e. The summed E-state index contributed by atoms with van der Waals surface area (Å²) in [6, 6.07) is 10.3. The van der Waals surface area contributed by atoms with Crippen molar-refractivity contribution in [2.75, 3.05) is 32.1 Å². The fourth-order valence-electron chi connectivity index (χ4n) is 2.92. The first-order valence-corrected chi connectivity index (χ1v) is 10.6. The van der Waals surface area contributed by atoms with Gasteiger partial charge in [0.15, 0.2) is 5.13 Å². The summed E-state index contributed by atoms with van der Waals surface area (Å²) in [5.41, 5.74) is 2.28. The van der Waals surface area contributed by atoms with Crippen LogP contribution in [0.5, 0.6) is 0 Å². The van der Waals surface area contributed by atoms with E-state index in [-0.39, 0.29) is 5.91 Å². The molecule has 0 saturated carbocycles. The van der Waals surface area contributed by atoms with Crippen molar-refractivity contribution < 1.29 is 4.79 Å². The van der Waals surface area contributed by atoms with Crippen LogP contribution in [-0.2, 0) is 17.6 Å². The van der Waals surface area contributed by atoms with E-state index in [4.69, 9.17) is 4.98 Å². The summed E-state index contributed by atoms with van der Waals surface area (Å²) in [5, 5.41) is 2.84. The van der Waals surface area contributed by atoms with Gasteiger partial charge < -0.3 is 4.90 Å². The van der Waals surface area contributed by atoms with Crippen molar-refractivity contribution in [2.45, 2.75) is 26.2 Å².